The number of hydrogen-bond donors (Lipinski definition) is 2. The van der Waals surface area contributed by atoms with Crippen LogP contribution in [0.15, 0.2) is 18.2 Å². The van der Waals surface area contributed by atoms with Crippen LogP contribution in [0.3, 0.4) is 0 Å². The molecule has 106 valence electrons. The Morgan fingerprint density at radius 1 is 1.60 bits per heavy atom. The van der Waals surface area contributed by atoms with Gasteiger partial charge in [-0.1, -0.05) is 11.3 Å². The number of anilines is 1. The molecule has 0 radical (unpaired) electrons. The van der Waals surface area contributed by atoms with E-state index >= 15 is 0 Å². The van der Waals surface area contributed by atoms with Crippen molar-refractivity contribution in [1.82, 2.24) is 10.3 Å². The Bertz CT molecular complexity index is 640. The average Bonchev–Trinajstić information content (AvgIpc) is 2.99. The van der Waals surface area contributed by atoms with E-state index in [1.807, 2.05) is 12.1 Å². The van der Waals surface area contributed by atoms with Gasteiger partial charge in [0, 0.05) is 24.6 Å². The second kappa shape index (κ2) is 5.38. The molecule has 5 nitrogen and oxygen atoms in total. The van der Waals surface area contributed by atoms with E-state index in [1.165, 1.54) is 11.3 Å². The maximum absolute atomic E-state index is 12.2. The van der Waals surface area contributed by atoms with Crippen LogP contribution in [-0.4, -0.2) is 30.1 Å². The first-order valence-electron chi connectivity index (χ1n) is 6.69. The van der Waals surface area contributed by atoms with Gasteiger partial charge in [-0.3, -0.25) is 4.79 Å². The number of rotatable bonds is 3. The SMILES string of the molecule is CC1OCCC1CNC(=O)c1ccc2nc(N)sc2c1. The molecule has 0 bridgehead atoms. The minimum atomic E-state index is -0.0574. The number of carbonyl (C=O) groups excluding carboxylic acids is 1. The zero-order valence-corrected chi connectivity index (χ0v) is 12.1. The third-order valence-corrected chi connectivity index (χ3v) is 4.57. The van der Waals surface area contributed by atoms with Gasteiger partial charge in [-0.25, -0.2) is 4.98 Å². The molecular formula is C14H17N3O2S. The van der Waals surface area contributed by atoms with Gasteiger partial charge in [-0.15, -0.1) is 0 Å². The highest BCUT2D eigenvalue weighted by molar-refractivity contribution is 7.22. The van der Waals surface area contributed by atoms with Crippen molar-refractivity contribution < 1.29 is 9.53 Å². The smallest absolute Gasteiger partial charge is 0.251 e. The first kappa shape index (κ1) is 13.3. The lowest BCUT2D eigenvalue weighted by Crippen LogP contribution is -2.31. The zero-order chi connectivity index (χ0) is 14.1. The van der Waals surface area contributed by atoms with Crippen LogP contribution in [-0.2, 0) is 4.74 Å². The number of fused-ring (bicyclic) bond motifs is 1. The monoisotopic (exact) mass is 291 g/mol. The van der Waals surface area contributed by atoms with Gasteiger partial charge in [0.25, 0.3) is 5.91 Å². The lowest BCUT2D eigenvalue weighted by Gasteiger charge is -2.14. The number of nitrogen functional groups attached to an aromatic ring is 1. The highest BCUT2D eigenvalue weighted by Gasteiger charge is 2.24. The maximum Gasteiger partial charge on any atom is 0.251 e. The van der Waals surface area contributed by atoms with Crippen LogP contribution >= 0.6 is 11.3 Å². The summed E-state index contributed by atoms with van der Waals surface area (Å²) in [4.78, 5) is 16.3. The standard InChI is InChI=1S/C14H17N3O2S/c1-8-10(4-5-19-8)7-16-13(18)9-2-3-11-12(6-9)20-14(15)17-11/h2-3,6,8,10H,4-5,7H2,1H3,(H2,15,17)(H,16,18). The number of amides is 1. The summed E-state index contributed by atoms with van der Waals surface area (Å²) in [7, 11) is 0. The van der Waals surface area contributed by atoms with Crippen LogP contribution < -0.4 is 11.1 Å². The first-order chi connectivity index (χ1) is 9.63. The Balaban J connectivity index is 1.68. The summed E-state index contributed by atoms with van der Waals surface area (Å²) in [6.07, 6.45) is 1.23. The minimum absolute atomic E-state index is 0.0574. The molecule has 1 saturated heterocycles. The van der Waals surface area contributed by atoms with Crippen molar-refractivity contribution in [3.63, 3.8) is 0 Å². The zero-order valence-electron chi connectivity index (χ0n) is 11.3. The molecule has 0 saturated carbocycles. The van der Waals surface area contributed by atoms with E-state index in [9.17, 15) is 4.79 Å². The summed E-state index contributed by atoms with van der Waals surface area (Å²) in [6.45, 7) is 3.49. The first-order valence-corrected chi connectivity index (χ1v) is 7.51. The summed E-state index contributed by atoms with van der Waals surface area (Å²) in [6, 6.07) is 5.46. The summed E-state index contributed by atoms with van der Waals surface area (Å²) in [5.41, 5.74) is 7.15. The number of benzene rings is 1. The molecule has 2 heterocycles. The van der Waals surface area contributed by atoms with Crippen molar-refractivity contribution >= 4 is 32.6 Å². The van der Waals surface area contributed by atoms with Gasteiger partial charge in [0.1, 0.15) is 0 Å². The molecular weight excluding hydrogens is 274 g/mol. The predicted octanol–water partition coefficient (Wildman–Crippen LogP) is 2.03. The Kier molecular flexibility index (Phi) is 3.58. The quantitative estimate of drug-likeness (QED) is 0.907. The molecule has 1 aromatic carbocycles. The largest absolute Gasteiger partial charge is 0.378 e. The topological polar surface area (TPSA) is 77.2 Å². The molecule has 0 spiro atoms. The van der Waals surface area contributed by atoms with Gasteiger partial charge < -0.3 is 15.8 Å². The molecule has 1 fully saturated rings. The number of nitrogens with two attached hydrogens (primary N) is 1. The van der Waals surface area contributed by atoms with Crippen LogP contribution in [0.2, 0.25) is 0 Å². The highest BCUT2D eigenvalue weighted by atomic mass is 32.1. The molecule has 3 N–H and O–H groups in total. The van der Waals surface area contributed by atoms with Crippen LogP contribution in [0, 0.1) is 5.92 Å². The van der Waals surface area contributed by atoms with Gasteiger partial charge in [0.2, 0.25) is 0 Å². The van der Waals surface area contributed by atoms with E-state index in [0.717, 1.165) is 23.2 Å². The lowest BCUT2D eigenvalue weighted by molar-refractivity contribution is 0.0907. The number of nitrogens with zero attached hydrogens (tertiary/aromatic N) is 1. The van der Waals surface area contributed by atoms with Crippen molar-refractivity contribution in [2.75, 3.05) is 18.9 Å². The molecule has 2 unspecified atom stereocenters. The number of aromatic nitrogens is 1. The Hall–Kier alpha value is -1.66. The van der Waals surface area contributed by atoms with Gasteiger partial charge >= 0.3 is 0 Å². The number of carbonyl (C=O) groups is 1. The molecule has 2 aromatic rings. The average molecular weight is 291 g/mol. The van der Waals surface area contributed by atoms with Gasteiger partial charge in [0.05, 0.1) is 16.3 Å². The molecule has 20 heavy (non-hydrogen) atoms. The van der Waals surface area contributed by atoms with Gasteiger partial charge in [-0.2, -0.15) is 0 Å². The van der Waals surface area contributed by atoms with E-state index in [4.69, 9.17) is 10.5 Å². The molecule has 6 heteroatoms. The molecule has 1 aliphatic rings. The fraction of sp³-hybridized carbons (Fsp3) is 0.429. The van der Waals surface area contributed by atoms with Crippen molar-refractivity contribution in [3.05, 3.63) is 23.8 Å². The molecule has 0 aliphatic carbocycles. The molecule has 3 rings (SSSR count). The van der Waals surface area contributed by atoms with Crippen molar-refractivity contribution in [2.24, 2.45) is 5.92 Å². The fourth-order valence-electron chi connectivity index (χ4n) is 2.45. The van der Waals surface area contributed by atoms with Crippen LogP contribution in [0.4, 0.5) is 5.13 Å². The third-order valence-electron chi connectivity index (χ3n) is 3.73. The number of hydrogen-bond acceptors (Lipinski definition) is 5. The molecule has 1 aromatic heterocycles. The second-order valence-corrected chi connectivity index (χ2v) is 6.13. The Morgan fingerprint density at radius 2 is 2.45 bits per heavy atom. The normalized spacial score (nSPS) is 22.2. The van der Waals surface area contributed by atoms with E-state index in [2.05, 4.69) is 17.2 Å². The minimum Gasteiger partial charge on any atom is -0.378 e. The van der Waals surface area contributed by atoms with Crippen molar-refractivity contribution in [3.8, 4) is 0 Å². The Labute approximate surface area is 121 Å². The molecule has 1 aliphatic heterocycles. The number of ether oxygens (including phenoxy) is 1. The van der Waals surface area contributed by atoms with E-state index in [-0.39, 0.29) is 12.0 Å². The second-order valence-electron chi connectivity index (χ2n) is 5.07. The van der Waals surface area contributed by atoms with Crippen molar-refractivity contribution in [2.45, 2.75) is 19.4 Å². The third kappa shape index (κ3) is 2.62. The van der Waals surface area contributed by atoms with Crippen LogP contribution in [0.5, 0.6) is 0 Å². The summed E-state index contributed by atoms with van der Waals surface area (Å²) in [5, 5.41) is 3.50. The predicted molar refractivity (Wildman–Crippen MR) is 79.9 cm³/mol. The van der Waals surface area contributed by atoms with Gasteiger partial charge in [0.15, 0.2) is 5.13 Å². The van der Waals surface area contributed by atoms with E-state index < -0.39 is 0 Å². The molecule has 1 amide bonds. The molecule has 2 atom stereocenters. The summed E-state index contributed by atoms with van der Waals surface area (Å²) >= 11 is 1.39. The maximum atomic E-state index is 12.2. The Morgan fingerprint density at radius 3 is 3.20 bits per heavy atom. The fourth-order valence-corrected chi connectivity index (χ4v) is 3.23. The lowest BCUT2D eigenvalue weighted by atomic mass is 10.0. The van der Waals surface area contributed by atoms with E-state index in [1.54, 1.807) is 6.07 Å². The summed E-state index contributed by atoms with van der Waals surface area (Å²) in [5.74, 6) is 0.347. The van der Waals surface area contributed by atoms with E-state index in [0.29, 0.717) is 23.2 Å². The summed E-state index contributed by atoms with van der Waals surface area (Å²) < 4.78 is 6.43. The highest BCUT2D eigenvalue weighted by Crippen LogP contribution is 2.24. The van der Waals surface area contributed by atoms with Crippen LogP contribution in [0.1, 0.15) is 23.7 Å². The van der Waals surface area contributed by atoms with Gasteiger partial charge in [-0.05, 0) is 31.5 Å². The van der Waals surface area contributed by atoms with Crippen molar-refractivity contribution in [1.29, 1.82) is 0 Å². The number of thiazole rings is 1. The van der Waals surface area contributed by atoms with Crippen LogP contribution in [0.25, 0.3) is 10.2 Å². The number of nitrogens with one attached hydrogen (secondary N) is 1.